The highest BCUT2D eigenvalue weighted by Crippen LogP contribution is 2.41. The number of halogens is 3. The lowest BCUT2D eigenvalue weighted by Crippen LogP contribution is -2.31. The standard InChI is InChI=1S/C10H10BF3O2/c12-10(13,14)8-3-7(6-1-2-6)4-9(5-8)11(15)16/h3-6,15-16H,1-2H2. The predicted molar refractivity (Wildman–Crippen MR) is 53.2 cm³/mol. The summed E-state index contributed by atoms with van der Waals surface area (Å²) in [6.45, 7) is 0. The summed E-state index contributed by atoms with van der Waals surface area (Å²) in [5, 5.41) is 17.9. The van der Waals surface area contributed by atoms with Crippen LogP contribution in [0.4, 0.5) is 13.2 Å². The Hall–Kier alpha value is -1.01. The molecule has 0 atom stereocenters. The zero-order chi connectivity index (χ0) is 11.9. The van der Waals surface area contributed by atoms with Crippen molar-refractivity contribution in [1.82, 2.24) is 0 Å². The molecule has 0 bridgehead atoms. The van der Waals surface area contributed by atoms with Gasteiger partial charge < -0.3 is 10.0 Å². The molecule has 2 nitrogen and oxygen atoms in total. The SMILES string of the molecule is OB(O)c1cc(C2CC2)cc(C(F)(F)F)c1. The van der Waals surface area contributed by atoms with Gasteiger partial charge in [-0.2, -0.15) is 13.2 Å². The van der Waals surface area contributed by atoms with Crippen molar-refractivity contribution in [2.24, 2.45) is 0 Å². The zero-order valence-electron chi connectivity index (χ0n) is 8.33. The van der Waals surface area contributed by atoms with E-state index in [0.29, 0.717) is 5.56 Å². The van der Waals surface area contributed by atoms with E-state index in [1.54, 1.807) is 0 Å². The highest BCUT2D eigenvalue weighted by atomic mass is 19.4. The third kappa shape index (κ3) is 2.39. The lowest BCUT2D eigenvalue weighted by molar-refractivity contribution is -0.137. The van der Waals surface area contributed by atoms with Crippen LogP contribution in [-0.2, 0) is 6.18 Å². The second kappa shape index (κ2) is 3.78. The van der Waals surface area contributed by atoms with Crippen LogP contribution in [0.25, 0.3) is 0 Å². The lowest BCUT2D eigenvalue weighted by Gasteiger charge is -2.11. The van der Waals surface area contributed by atoms with Gasteiger partial charge in [-0.3, -0.25) is 0 Å². The maximum absolute atomic E-state index is 12.5. The molecule has 0 aliphatic heterocycles. The molecule has 0 unspecified atom stereocenters. The quantitative estimate of drug-likeness (QED) is 0.751. The largest absolute Gasteiger partial charge is 0.488 e. The molecule has 86 valence electrons. The molecular weight excluding hydrogens is 220 g/mol. The van der Waals surface area contributed by atoms with E-state index >= 15 is 0 Å². The normalized spacial score (nSPS) is 16.3. The first kappa shape index (κ1) is 11.5. The monoisotopic (exact) mass is 230 g/mol. The van der Waals surface area contributed by atoms with Gasteiger partial charge in [0.25, 0.3) is 0 Å². The first-order valence-electron chi connectivity index (χ1n) is 4.96. The molecule has 16 heavy (non-hydrogen) atoms. The molecule has 2 rings (SSSR count). The predicted octanol–water partition coefficient (Wildman–Crippen LogP) is 1.26. The maximum atomic E-state index is 12.5. The molecule has 6 heteroatoms. The molecule has 1 aromatic carbocycles. The van der Waals surface area contributed by atoms with E-state index in [-0.39, 0.29) is 11.4 Å². The molecule has 1 saturated carbocycles. The maximum Gasteiger partial charge on any atom is 0.488 e. The molecule has 0 spiro atoms. The van der Waals surface area contributed by atoms with Crippen LogP contribution in [0.3, 0.4) is 0 Å². The molecule has 1 fully saturated rings. The molecule has 1 aliphatic rings. The molecule has 1 aliphatic carbocycles. The van der Waals surface area contributed by atoms with E-state index in [0.717, 1.165) is 25.0 Å². The molecule has 0 heterocycles. The van der Waals surface area contributed by atoms with Gasteiger partial charge in [0, 0.05) is 0 Å². The van der Waals surface area contributed by atoms with Crippen molar-refractivity contribution in [3.05, 3.63) is 29.3 Å². The van der Waals surface area contributed by atoms with Crippen molar-refractivity contribution < 1.29 is 23.2 Å². The first-order chi connectivity index (χ1) is 7.38. The fraction of sp³-hybridized carbons (Fsp3) is 0.400. The Labute approximate surface area is 90.9 Å². The molecule has 0 amide bonds. The van der Waals surface area contributed by atoms with Gasteiger partial charge in [0.1, 0.15) is 0 Å². The van der Waals surface area contributed by atoms with Crippen molar-refractivity contribution in [1.29, 1.82) is 0 Å². The highest BCUT2D eigenvalue weighted by Gasteiger charge is 2.34. The molecule has 0 aromatic heterocycles. The summed E-state index contributed by atoms with van der Waals surface area (Å²) < 4.78 is 37.6. The number of rotatable bonds is 2. The van der Waals surface area contributed by atoms with Gasteiger partial charge in [-0.25, -0.2) is 0 Å². The van der Waals surface area contributed by atoms with E-state index in [1.807, 2.05) is 0 Å². The highest BCUT2D eigenvalue weighted by molar-refractivity contribution is 6.58. The van der Waals surface area contributed by atoms with Gasteiger partial charge in [-0.15, -0.1) is 0 Å². The average Bonchev–Trinajstić information content (AvgIpc) is 2.98. The molecule has 0 radical (unpaired) electrons. The second-order valence-electron chi connectivity index (χ2n) is 4.03. The van der Waals surface area contributed by atoms with Crippen LogP contribution in [0.5, 0.6) is 0 Å². The summed E-state index contributed by atoms with van der Waals surface area (Å²) in [6.07, 6.45) is -2.72. The molecule has 0 saturated heterocycles. The van der Waals surface area contributed by atoms with Crippen molar-refractivity contribution >= 4 is 12.6 Å². The smallest absolute Gasteiger partial charge is 0.423 e. The van der Waals surface area contributed by atoms with E-state index in [9.17, 15) is 13.2 Å². The summed E-state index contributed by atoms with van der Waals surface area (Å²) in [5.74, 6) is 0.139. The van der Waals surface area contributed by atoms with Crippen LogP contribution < -0.4 is 5.46 Å². The Bertz CT molecular complexity index is 379. The summed E-state index contributed by atoms with van der Waals surface area (Å²) in [7, 11) is -1.86. The van der Waals surface area contributed by atoms with Crippen LogP contribution in [0.1, 0.15) is 29.9 Å². The van der Waals surface area contributed by atoms with Crippen LogP contribution in [0, 0.1) is 0 Å². The van der Waals surface area contributed by atoms with Crippen molar-refractivity contribution in [3.63, 3.8) is 0 Å². The van der Waals surface area contributed by atoms with E-state index in [1.165, 1.54) is 6.07 Å². The molecule has 1 aromatic rings. The minimum atomic E-state index is -4.45. The van der Waals surface area contributed by atoms with Gasteiger partial charge in [0.2, 0.25) is 0 Å². The van der Waals surface area contributed by atoms with Gasteiger partial charge in [0.05, 0.1) is 5.56 Å². The molecule has 2 N–H and O–H groups in total. The third-order valence-corrected chi connectivity index (χ3v) is 2.65. The first-order valence-corrected chi connectivity index (χ1v) is 4.96. The Morgan fingerprint density at radius 3 is 2.19 bits per heavy atom. The summed E-state index contributed by atoms with van der Waals surface area (Å²) in [6, 6.07) is 3.29. The van der Waals surface area contributed by atoms with Crippen LogP contribution in [0.15, 0.2) is 18.2 Å². The van der Waals surface area contributed by atoms with Gasteiger partial charge in [0.15, 0.2) is 0 Å². The number of alkyl halides is 3. The summed E-state index contributed by atoms with van der Waals surface area (Å²) in [4.78, 5) is 0. The topological polar surface area (TPSA) is 40.5 Å². The van der Waals surface area contributed by atoms with Crippen LogP contribution >= 0.6 is 0 Å². The Balaban J connectivity index is 2.44. The number of benzene rings is 1. The summed E-state index contributed by atoms with van der Waals surface area (Å²) in [5.41, 5.74) is -0.380. The van der Waals surface area contributed by atoms with Gasteiger partial charge in [-0.1, -0.05) is 12.1 Å². The minimum absolute atomic E-state index is 0.100. The Kier molecular flexibility index (Phi) is 2.71. The summed E-state index contributed by atoms with van der Waals surface area (Å²) >= 11 is 0. The number of hydrogen-bond acceptors (Lipinski definition) is 2. The fourth-order valence-corrected chi connectivity index (χ4v) is 1.64. The second-order valence-corrected chi connectivity index (χ2v) is 4.03. The third-order valence-electron chi connectivity index (χ3n) is 2.65. The minimum Gasteiger partial charge on any atom is -0.423 e. The zero-order valence-corrected chi connectivity index (χ0v) is 8.33. The van der Waals surface area contributed by atoms with Gasteiger partial charge >= 0.3 is 13.3 Å². The fourth-order valence-electron chi connectivity index (χ4n) is 1.64. The van der Waals surface area contributed by atoms with Crippen LogP contribution in [-0.4, -0.2) is 17.2 Å². The molecular formula is C10H10BF3O2. The Morgan fingerprint density at radius 2 is 1.75 bits per heavy atom. The van der Waals surface area contributed by atoms with Crippen molar-refractivity contribution in [3.8, 4) is 0 Å². The van der Waals surface area contributed by atoms with Crippen molar-refractivity contribution in [2.75, 3.05) is 0 Å². The van der Waals surface area contributed by atoms with Crippen molar-refractivity contribution in [2.45, 2.75) is 24.9 Å². The van der Waals surface area contributed by atoms with Crippen LogP contribution in [0.2, 0.25) is 0 Å². The Morgan fingerprint density at radius 1 is 1.12 bits per heavy atom. The van der Waals surface area contributed by atoms with E-state index in [4.69, 9.17) is 10.0 Å². The van der Waals surface area contributed by atoms with Gasteiger partial charge in [-0.05, 0) is 35.9 Å². The van der Waals surface area contributed by atoms with E-state index in [2.05, 4.69) is 0 Å². The average molecular weight is 230 g/mol. The number of hydrogen-bond donors (Lipinski definition) is 2. The lowest BCUT2D eigenvalue weighted by atomic mass is 9.78. The van der Waals surface area contributed by atoms with E-state index < -0.39 is 18.9 Å².